The molecule has 86 valence electrons. The maximum Gasteiger partial charge on any atom is 0.631 e. The molecule has 3 N–H and O–H groups in total. The van der Waals surface area contributed by atoms with E-state index >= 15 is 0 Å². The van der Waals surface area contributed by atoms with E-state index in [9.17, 15) is 0 Å². The molecule has 0 aromatic heterocycles. The molecule has 0 aliphatic heterocycles. The summed E-state index contributed by atoms with van der Waals surface area (Å²) in [5, 5.41) is 21.5. The van der Waals surface area contributed by atoms with Crippen molar-refractivity contribution >= 4 is 7.32 Å². The highest BCUT2D eigenvalue weighted by atomic mass is 16.5. The highest BCUT2D eigenvalue weighted by Gasteiger charge is 2.15. The van der Waals surface area contributed by atoms with Gasteiger partial charge in [0.1, 0.15) is 0 Å². The van der Waals surface area contributed by atoms with Crippen LogP contribution < -0.4 is 0 Å². The zero-order valence-electron chi connectivity index (χ0n) is 10.1. The van der Waals surface area contributed by atoms with Crippen LogP contribution in [-0.2, 0) is 0 Å². The summed E-state index contributed by atoms with van der Waals surface area (Å²) in [7, 11) is -2.17. The van der Waals surface area contributed by atoms with Crippen molar-refractivity contribution in [1.29, 1.82) is 0 Å². The second kappa shape index (κ2) is 8.23. The van der Waals surface area contributed by atoms with Crippen LogP contribution in [0.1, 0.15) is 41.5 Å². The van der Waals surface area contributed by atoms with Crippen molar-refractivity contribution in [3.05, 3.63) is 0 Å². The van der Waals surface area contributed by atoms with Crippen LogP contribution in [0.25, 0.3) is 0 Å². The fourth-order valence-corrected chi connectivity index (χ4v) is 1.79. The van der Waals surface area contributed by atoms with Gasteiger partial charge in [-0.3, -0.25) is 4.90 Å². The van der Waals surface area contributed by atoms with Crippen LogP contribution in [0.2, 0.25) is 0 Å². The first kappa shape index (κ1) is 16.3. The zero-order chi connectivity index (χ0) is 11.9. The molecule has 0 bridgehead atoms. The lowest BCUT2D eigenvalue weighted by Crippen LogP contribution is -2.42. The second-order valence-electron chi connectivity index (χ2n) is 4.07. The number of nitrogens with zero attached hydrogens (tertiary/aromatic N) is 1. The van der Waals surface area contributed by atoms with Gasteiger partial charge >= 0.3 is 7.32 Å². The maximum absolute atomic E-state index is 7.17. The summed E-state index contributed by atoms with van der Waals surface area (Å²) in [6, 6.07) is 2.00. The molecule has 0 unspecified atom stereocenters. The molecule has 0 spiro atoms. The molecule has 0 fully saturated rings. The van der Waals surface area contributed by atoms with Crippen LogP contribution in [0, 0.1) is 0 Å². The van der Waals surface area contributed by atoms with Crippen LogP contribution in [0.15, 0.2) is 0 Å². The average Bonchev–Trinajstić information content (AvgIpc) is 1.80. The van der Waals surface area contributed by atoms with Crippen LogP contribution in [0.3, 0.4) is 0 Å². The van der Waals surface area contributed by atoms with E-state index in [-0.39, 0.29) is 0 Å². The fourth-order valence-electron chi connectivity index (χ4n) is 1.79. The van der Waals surface area contributed by atoms with E-state index in [2.05, 4.69) is 46.4 Å². The zero-order valence-corrected chi connectivity index (χ0v) is 10.1. The van der Waals surface area contributed by atoms with Gasteiger partial charge in [0.2, 0.25) is 0 Å². The Labute approximate surface area is 87.7 Å². The molecule has 0 rings (SSSR count). The Bertz CT molecular complexity index is 107. The van der Waals surface area contributed by atoms with Crippen molar-refractivity contribution in [1.82, 2.24) is 4.90 Å². The summed E-state index contributed by atoms with van der Waals surface area (Å²) in [6.07, 6.45) is 0. The summed E-state index contributed by atoms with van der Waals surface area (Å²) < 4.78 is 0. The fraction of sp³-hybridized carbons (Fsp3) is 1.00. The Morgan fingerprint density at radius 3 is 0.857 bits per heavy atom. The minimum Gasteiger partial charge on any atom is -0.402 e. The molecule has 14 heavy (non-hydrogen) atoms. The molecule has 0 heterocycles. The SMILES string of the molecule is CC(C)N(C(C)C)C(C)C.OB(O)O. The summed E-state index contributed by atoms with van der Waals surface area (Å²) in [5.74, 6) is 0. The van der Waals surface area contributed by atoms with Gasteiger partial charge in [-0.25, -0.2) is 0 Å². The molecular formula is C9H24BNO3. The van der Waals surface area contributed by atoms with Gasteiger partial charge in [-0.05, 0) is 41.5 Å². The molecule has 0 aromatic rings. The highest BCUT2D eigenvalue weighted by molar-refractivity contribution is 6.30. The van der Waals surface area contributed by atoms with E-state index < -0.39 is 7.32 Å². The first-order valence-corrected chi connectivity index (χ1v) is 5.01. The van der Waals surface area contributed by atoms with Crippen molar-refractivity contribution in [3.8, 4) is 0 Å². The molecule has 0 saturated heterocycles. The van der Waals surface area contributed by atoms with Crippen molar-refractivity contribution in [2.75, 3.05) is 0 Å². The van der Waals surface area contributed by atoms with E-state index in [1.54, 1.807) is 0 Å². The molecule has 0 saturated carbocycles. The predicted octanol–water partition coefficient (Wildman–Crippen LogP) is 0.462. The third-order valence-corrected chi connectivity index (χ3v) is 1.79. The summed E-state index contributed by atoms with van der Waals surface area (Å²) in [5.41, 5.74) is 0. The maximum atomic E-state index is 7.17. The Morgan fingerprint density at radius 2 is 0.857 bits per heavy atom. The van der Waals surface area contributed by atoms with Crippen molar-refractivity contribution in [2.24, 2.45) is 0 Å². The Kier molecular flexibility index (Phi) is 9.61. The third-order valence-electron chi connectivity index (χ3n) is 1.79. The molecule has 0 atom stereocenters. The molecule has 0 aliphatic carbocycles. The van der Waals surface area contributed by atoms with Crippen LogP contribution in [0.4, 0.5) is 0 Å². The van der Waals surface area contributed by atoms with Crippen molar-refractivity contribution < 1.29 is 15.1 Å². The Hall–Kier alpha value is -0.0951. The van der Waals surface area contributed by atoms with Gasteiger partial charge in [0.15, 0.2) is 0 Å². The minimum absolute atomic E-state index is 0.667. The summed E-state index contributed by atoms with van der Waals surface area (Å²) in [4.78, 5) is 2.50. The largest absolute Gasteiger partial charge is 0.631 e. The second-order valence-corrected chi connectivity index (χ2v) is 4.07. The molecule has 0 amide bonds. The number of hydrogen-bond donors (Lipinski definition) is 3. The van der Waals surface area contributed by atoms with Crippen molar-refractivity contribution in [2.45, 2.75) is 59.7 Å². The number of rotatable bonds is 3. The van der Waals surface area contributed by atoms with Gasteiger partial charge in [0.05, 0.1) is 0 Å². The molecule has 4 nitrogen and oxygen atoms in total. The van der Waals surface area contributed by atoms with Gasteiger partial charge in [-0.15, -0.1) is 0 Å². The van der Waals surface area contributed by atoms with Crippen molar-refractivity contribution in [3.63, 3.8) is 0 Å². The van der Waals surface area contributed by atoms with E-state index in [1.807, 2.05) is 0 Å². The van der Waals surface area contributed by atoms with Crippen LogP contribution in [0.5, 0.6) is 0 Å². The lowest BCUT2D eigenvalue weighted by Gasteiger charge is -2.34. The molecule has 0 aromatic carbocycles. The molecule has 0 aliphatic rings. The van der Waals surface area contributed by atoms with E-state index in [0.717, 1.165) is 0 Å². The van der Waals surface area contributed by atoms with Crippen LogP contribution >= 0.6 is 0 Å². The summed E-state index contributed by atoms with van der Waals surface area (Å²) in [6.45, 7) is 13.5. The Balaban J connectivity index is 0. The van der Waals surface area contributed by atoms with Gasteiger partial charge in [0, 0.05) is 18.1 Å². The topological polar surface area (TPSA) is 63.9 Å². The molecule has 5 heteroatoms. The lowest BCUT2D eigenvalue weighted by atomic mass is 10.2. The van der Waals surface area contributed by atoms with E-state index in [0.29, 0.717) is 18.1 Å². The van der Waals surface area contributed by atoms with Gasteiger partial charge in [-0.2, -0.15) is 0 Å². The predicted molar refractivity (Wildman–Crippen MR) is 59.7 cm³/mol. The molecule has 0 radical (unpaired) electrons. The average molecular weight is 205 g/mol. The lowest BCUT2D eigenvalue weighted by molar-refractivity contribution is 0.133. The molecular weight excluding hydrogens is 181 g/mol. The smallest absolute Gasteiger partial charge is 0.402 e. The third kappa shape index (κ3) is 9.99. The normalized spacial score (nSPS) is 10.9. The first-order valence-electron chi connectivity index (χ1n) is 5.01. The van der Waals surface area contributed by atoms with E-state index in [1.165, 1.54) is 0 Å². The monoisotopic (exact) mass is 205 g/mol. The van der Waals surface area contributed by atoms with Gasteiger partial charge in [0.25, 0.3) is 0 Å². The summed E-state index contributed by atoms with van der Waals surface area (Å²) >= 11 is 0. The quantitative estimate of drug-likeness (QED) is 0.586. The van der Waals surface area contributed by atoms with Gasteiger partial charge in [-0.1, -0.05) is 0 Å². The minimum atomic E-state index is -2.17. The standard InChI is InChI=1S/C9H21N.BH3O3/c1-7(2)10(8(3)4)9(5)6;2-1(3)4/h7-9H,1-6H3;2-4H. The highest BCUT2D eigenvalue weighted by Crippen LogP contribution is 2.08. The van der Waals surface area contributed by atoms with Gasteiger partial charge < -0.3 is 15.1 Å². The first-order chi connectivity index (χ1) is 6.20. The van der Waals surface area contributed by atoms with E-state index in [4.69, 9.17) is 15.1 Å². The number of hydrogen-bond acceptors (Lipinski definition) is 4. The van der Waals surface area contributed by atoms with Crippen LogP contribution in [-0.4, -0.2) is 45.4 Å². The Morgan fingerprint density at radius 1 is 0.714 bits per heavy atom.